The van der Waals surface area contributed by atoms with Crippen molar-refractivity contribution < 1.29 is 19.7 Å². The number of esters is 1. The van der Waals surface area contributed by atoms with E-state index in [0.717, 1.165) is 12.8 Å². The van der Waals surface area contributed by atoms with E-state index in [4.69, 9.17) is 4.74 Å². The van der Waals surface area contributed by atoms with Gasteiger partial charge in [-0.15, -0.1) is 0 Å². The third-order valence-corrected chi connectivity index (χ3v) is 4.68. The van der Waals surface area contributed by atoms with Gasteiger partial charge < -0.3 is 14.9 Å². The first-order valence-corrected chi connectivity index (χ1v) is 10.3. The van der Waals surface area contributed by atoms with Gasteiger partial charge in [0.1, 0.15) is 17.1 Å². The molecule has 0 aliphatic heterocycles. The van der Waals surface area contributed by atoms with Gasteiger partial charge in [-0.1, -0.05) is 84.0 Å². The molecule has 26 heavy (non-hydrogen) atoms. The van der Waals surface area contributed by atoms with Crippen LogP contribution in [0.15, 0.2) is 18.2 Å². The van der Waals surface area contributed by atoms with Gasteiger partial charge in [0.05, 0.1) is 6.61 Å². The zero-order valence-electron chi connectivity index (χ0n) is 16.3. The molecule has 0 heterocycles. The van der Waals surface area contributed by atoms with Crippen LogP contribution >= 0.6 is 0 Å². The van der Waals surface area contributed by atoms with E-state index in [1.165, 1.54) is 88.8 Å². The maximum Gasteiger partial charge on any atom is 0.342 e. The first kappa shape index (κ1) is 22.3. The molecule has 0 unspecified atom stereocenters. The van der Waals surface area contributed by atoms with Crippen LogP contribution in [0.1, 0.15) is 101 Å². The maximum atomic E-state index is 11.8. The highest BCUT2D eigenvalue weighted by atomic mass is 16.5. The zero-order chi connectivity index (χ0) is 19.0. The largest absolute Gasteiger partial charge is 0.508 e. The number of carbonyl (C=O) groups is 1. The van der Waals surface area contributed by atoms with Gasteiger partial charge in [-0.25, -0.2) is 4.79 Å². The van der Waals surface area contributed by atoms with Crippen LogP contribution in [0.2, 0.25) is 0 Å². The van der Waals surface area contributed by atoms with E-state index in [0.29, 0.717) is 6.61 Å². The summed E-state index contributed by atoms with van der Waals surface area (Å²) in [6.45, 7) is 2.61. The predicted molar refractivity (Wildman–Crippen MR) is 106 cm³/mol. The van der Waals surface area contributed by atoms with Crippen LogP contribution < -0.4 is 0 Å². The molecule has 0 saturated heterocycles. The SMILES string of the molecule is CCCCCCCCCCCCCCCOC(=O)c1cc(O)ccc1O. The van der Waals surface area contributed by atoms with Gasteiger partial charge in [-0.3, -0.25) is 0 Å². The molecule has 1 aromatic carbocycles. The van der Waals surface area contributed by atoms with Gasteiger partial charge in [-0.05, 0) is 24.6 Å². The van der Waals surface area contributed by atoms with Crippen LogP contribution in [-0.2, 0) is 4.74 Å². The lowest BCUT2D eigenvalue weighted by Crippen LogP contribution is -2.06. The molecule has 0 saturated carbocycles. The second-order valence-electron chi connectivity index (χ2n) is 7.08. The molecule has 0 fully saturated rings. The summed E-state index contributed by atoms with van der Waals surface area (Å²) < 4.78 is 5.15. The van der Waals surface area contributed by atoms with Gasteiger partial charge >= 0.3 is 5.97 Å². The molecule has 0 atom stereocenters. The van der Waals surface area contributed by atoms with Gasteiger partial charge in [0.25, 0.3) is 0 Å². The first-order chi connectivity index (χ1) is 12.6. The molecule has 0 aliphatic carbocycles. The number of rotatable bonds is 15. The lowest BCUT2D eigenvalue weighted by Gasteiger charge is -2.07. The van der Waals surface area contributed by atoms with Crippen molar-refractivity contribution in [3.63, 3.8) is 0 Å². The minimum absolute atomic E-state index is 0.0136. The quantitative estimate of drug-likeness (QED) is 0.216. The second kappa shape index (κ2) is 14.5. The topological polar surface area (TPSA) is 66.8 Å². The summed E-state index contributed by atoms with van der Waals surface area (Å²) in [6, 6.07) is 3.84. The Labute approximate surface area is 158 Å². The number of ether oxygens (including phenoxy) is 1. The lowest BCUT2D eigenvalue weighted by atomic mass is 10.0. The Balaban J connectivity index is 1.92. The average molecular weight is 365 g/mol. The number of carbonyl (C=O) groups excluding carboxylic acids is 1. The Morgan fingerprint density at radius 3 is 1.85 bits per heavy atom. The average Bonchev–Trinajstić information content (AvgIpc) is 2.63. The van der Waals surface area contributed by atoms with E-state index in [9.17, 15) is 15.0 Å². The Bertz CT molecular complexity index is 499. The Morgan fingerprint density at radius 2 is 1.31 bits per heavy atom. The van der Waals surface area contributed by atoms with Gasteiger partial charge in [0.15, 0.2) is 0 Å². The Hall–Kier alpha value is -1.71. The summed E-state index contributed by atoms with van der Waals surface area (Å²) in [5.41, 5.74) is 0.0136. The van der Waals surface area contributed by atoms with Crippen molar-refractivity contribution in [3.05, 3.63) is 23.8 Å². The molecule has 1 rings (SSSR count). The van der Waals surface area contributed by atoms with Gasteiger partial charge in [0, 0.05) is 0 Å². The van der Waals surface area contributed by atoms with Crippen LogP contribution in [0.25, 0.3) is 0 Å². The Morgan fingerprint density at radius 1 is 0.808 bits per heavy atom. The highest BCUT2D eigenvalue weighted by molar-refractivity contribution is 5.92. The fourth-order valence-electron chi connectivity index (χ4n) is 3.05. The molecule has 148 valence electrons. The van der Waals surface area contributed by atoms with Crippen LogP contribution in [0.4, 0.5) is 0 Å². The summed E-state index contributed by atoms with van der Waals surface area (Å²) in [5, 5.41) is 19.0. The minimum atomic E-state index is -0.586. The first-order valence-electron chi connectivity index (χ1n) is 10.3. The number of phenols is 2. The van der Waals surface area contributed by atoms with E-state index in [-0.39, 0.29) is 17.1 Å². The number of benzene rings is 1. The predicted octanol–water partition coefficient (Wildman–Crippen LogP) is 6.35. The molecule has 0 aromatic heterocycles. The lowest BCUT2D eigenvalue weighted by molar-refractivity contribution is 0.0494. The molecule has 0 spiro atoms. The standard InChI is InChI=1S/C22H36O4/c1-2-3-4-5-6-7-8-9-10-11-12-13-14-17-26-22(25)20-18-19(23)15-16-21(20)24/h15-16,18,23-24H,2-14,17H2,1H3. The molecule has 0 aliphatic rings. The van der Waals surface area contributed by atoms with E-state index in [1.807, 2.05) is 0 Å². The summed E-state index contributed by atoms with van der Waals surface area (Å²) in [6.07, 6.45) is 16.5. The molecule has 4 heteroatoms. The highest BCUT2D eigenvalue weighted by Crippen LogP contribution is 2.22. The molecular weight excluding hydrogens is 328 g/mol. The molecule has 0 bridgehead atoms. The van der Waals surface area contributed by atoms with Gasteiger partial charge in [0.2, 0.25) is 0 Å². The van der Waals surface area contributed by atoms with Crippen molar-refractivity contribution in [2.45, 2.75) is 90.4 Å². The number of aromatic hydroxyl groups is 2. The third-order valence-electron chi connectivity index (χ3n) is 4.68. The number of hydrogen-bond donors (Lipinski definition) is 2. The molecule has 4 nitrogen and oxygen atoms in total. The van der Waals surface area contributed by atoms with Crippen molar-refractivity contribution in [2.75, 3.05) is 6.61 Å². The molecule has 0 radical (unpaired) electrons. The van der Waals surface area contributed by atoms with E-state index in [2.05, 4.69) is 6.92 Å². The third kappa shape index (κ3) is 10.3. The fraction of sp³-hybridized carbons (Fsp3) is 0.682. The number of unbranched alkanes of at least 4 members (excludes halogenated alkanes) is 12. The van der Waals surface area contributed by atoms with Crippen LogP contribution in [0.5, 0.6) is 11.5 Å². The van der Waals surface area contributed by atoms with E-state index >= 15 is 0 Å². The fourth-order valence-corrected chi connectivity index (χ4v) is 3.05. The van der Waals surface area contributed by atoms with E-state index < -0.39 is 5.97 Å². The highest BCUT2D eigenvalue weighted by Gasteiger charge is 2.13. The smallest absolute Gasteiger partial charge is 0.342 e. The van der Waals surface area contributed by atoms with Crippen LogP contribution in [0, 0.1) is 0 Å². The summed E-state index contributed by atoms with van der Waals surface area (Å²) in [7, 11) is 0. The number of phenolic OH excluding ortho intramolecular Hbond substituents is 2. The zero-order valence-corrected chi connectivity index (χ0v) is 16.3. The minimum Gasteiger partial charge on any atom is -0.508 e. The van der Waals surface area contributed by atoms with Crippen molar-refractivity contribution in [3.8, 4) is 11.5 Å². The van der Waals surface area contributed by atoms with Crippen molar-refractivity contribution in [2.24, 2.45) is 0 Å². The van der Waals surface area contributed by atoms with Gasteiger partial charge in [-0.2, -0.15) is 0 Å². The van der Waals surface area contributed by atoms with Crippen LogP contribution in [0.3, 0.4) is 0 Å². The number of hydrogen-bond acceptors (Lipinski definition) is 4. The maximum absolute atomic E-state index is 11.8. The molecule has 2 N–H and O–H groups in total. The van der Waals surface area contributed by atoms with Crippen molar-refractivity contribution in [1.29, 1.82) is 0 Å². The van der Waals surface area contributed by atoms with Crippen molar-refractivity contribution >= 4 is 5.97 Å². The summed E-state index contributed by atoms with van der Waals surface area (Å²) >= 11 is 0. The molecule has 0 amide bonds. The Kier molecular flexibility index (Phi) is 12.4. The van der Waals surface area contributed by atoms with E-state index in [1.54, 1.807) is 0 Å². The molecule has 1 aromatic rings. The van der Waals surface area contributed by atoms with Crippen LogP contribution in [-0.4, -0.2) is 22.8 Å². The van der Waals surface area contributed by atoms with Crippen molar-refractivity contribution in [1.82, 2.24) is 0 Å². The molecular formula is C22H36O4. The summed E-state index contributed by atoms with van der Waals surface area (Å²) in [4.78, 5) is 11.8. The summed E-state index contributed by atoms with van der Waals surface area (Å²) in [5.74, 6) is -0.814. The monoisotopic (exact) mass is 364 g/mol. The second-order valence-corrected chi connectivity index (χ2v) is 7.08. The normalized spacial score (nSPS) is 10.8.